The number of nitriles is 1. The Labute approximate surface area is 282 Å². The fraction of sp³-hybridized carbons (Fsp3) is 0.583. The number of piperidine rings is 1. The molecule has 0 radical (unpaired) electrons. The second-order valence-corrected chi connectivity index (χ2v) is 14.9. The van der Waals surface area contributed by atoms with Crippen LogP contribution in [0.15, 0.2) is 42.5 Å². The van der Waals surface area contributed by atoms with Gasteiger partial charge >= 0.3 is 12.2 Å². The molecule has 47 heavy (non-hydrogen) atoms. The molecule has 2 atom stereocenters. The zero-order chi connectivity index (χ0) is 33.2. The third-order valence-electron chi connectivity index (χ3n) is 10.3. The maximum Gasteiger partial charge on any atom is 0.412 e. The summed E-state index contributed by atoms with van der Waals surface area (Å²) in [7, 11) is 0. The van der Waals surface area contributed by atoms with Gasteiger partial charge in [0.05, 0.1) is 10.6 Å². The topological polar surface area (TPSA) is 107 Å². The number of anilines is 1. The number of benzene rings is 2. The Bertz CT molecular complexity index is 1470. The normalized spacial score (nSPS) is 22.9. The lowest BCUT2D eigenvalue weighted by atomic mass is 9.51. The molecule has 2 aromatic rings. The highest BCUT2D eigenvalue weighted by Gasteiger charge is 2.60. The Kier molecular flexibility index (Phi) is 9.77. The number of carbonyl (C=O) groups excluding carboxylic acids is 2. The monoisotopic (exact) mass is 663 g/mol. The summed E-state index contributed by atoms with van der Waals surface area (Å²) in [4.78, 5) is 32.0. The molecule has 10 nitrogen and oxygen atoms in total. The summed E-state index contributed by atoms with van der Waals surface area (Å²) in [5.41, 5.74) is 0.990. The number of nitrogens with zero attached hydrogens (tertiary/aromatic N) is 4. The number of piperazine rings is 1. The first kappa shape index (κ1) is 33.2. The molecule has 2 amide bonds. The zero-order valence-corrected chi connectivity index (χ0v) is 28.4. The first-order valence-electron chi connectivity index (χ1n) is 16.9. The number of ether oxygens (including phenoxy) is 3. The van der Waals surface area contributed by atoms with Crippen LogP contribution < -0.4 is 19.7 Å². The maximum atomic E-state index is 12.9. The molecule has 0 bridgehead atoms. The van der Waals surface area contributed by atoms with Crippen molar-refractivity contribution in [3.05, 3.63) is 53.1 Å². The van der Waals surface area contributed by atoms with E-state index in [0.717, 1.165) is 83.6 Å². The van der Waals surface area contributed by atoms with Crippen molar-refractivity contribution in [3.63, 3.8) is 0 Å². The highest BCUT2D eigenvalue weighted by molar-refractivity contribution is 6.31. The molecule has 2 heterocycles. The van der Waals surface area contributed by atoms with Gasteiger partial charge in [0.25, 0.3) is 0 Å². The van der Waals surface area contributed by atoms with Crippen LogP contribution in [0, 0.1) is 22.7 Å². The molecule has 2 aromatic carbocycles. The van der Waals surface area contributed by atoms with E-state index in [1.165, 1.54) is 0 Å². The van der Waals surface area contributed by atoms with E-state index >= 15 is 0 Å². The Balaban J connectivity index is 0.914. The van der Waals surface area contributed by atoms with Gasteiger partial charge in [-0.15, -0.1) is 0 Å². The van der Waals surface area contributed by atoms with E-state index in [0.29, 0.717) is 34.4 Å². The van der Waals surface area contributed by atoms with E-state index < -0.39 is 11.7 Å². The lowest BCUT2D eigenvalue weighted by Crippen LogP contribution is -2.68. The van der Waals surface area contributed by atoms with Crippen LogP contribution in [0.3, 0.4) is 0 Å². The molecule has 2 aliphatic carbocycles. The van der Waals surface area contributed by atoms with Crippen molar-refractivity contribution in [3.8, 4) is 17.6 Å². The fourth-order valence-electron chi connectivity index (χ4n) is 7.38. The number of hydrogen-bond acceptors (Lipinski definition) is 8. The summed E-state index contributed by atoms with van der Waals surface area (Å²) >= 11 is 6.19. The van der Waals surface area contributed by atoms with Gasteiger partial charge in [-0.05, 0) is 88.8 Å². The molecular weight excluding hydrogens is 618 g/mol. The maximum absolute atomic E-state index is 12.9. The van der Waals surface area contributed by atoms with Crippen LogP contribution in [0.25, 0.3) is 0 Å². The second-order valence-electron chi connectivity index (χ2n) is 14.5. The van der Waals surface area contributed by atoms with Gasteiger partial charge in [0.2, 0.25) is 0 Å². The molecule has 4 aliphatic rings. The van der Waals surface area contributed by atoms with Crippen molar-refractivity contribution >= 4 is 29.5 Å². The number of halogens is 1. The van der Waals surface area contributed by atoms with E-state index in [2.05, 4.69) is 21.2 Å². The second kappa shape index (κ2) is 13.8. The largest absolute Gasteiger partial charge is 0.490 e. The van der Waals surface area contributed by atoms with Gasteiger partial charge in [-0.1, -0.05) is 18.0 Å². The standard InChI is InChI=1S/C36H46ClN5O5/c1-35(2,3)47-34(44)42-15-11-25(12-16-42)24-40-17-19-41(20-18-40)27-6-9-28(10-7-27)46-33(43)39-31-22-32(36(31)13-4-14-36)45-29-8-5-26(23-38)30(37)21-29/h5-10,21,25,31-32H,4,11-20,22,24H2,1-3H3,(H,39,43). The fourth-order valence-corrected chi connectivity index (χ4v) is 7.59. The van der Waals surface area contributed by atoms with Gasteiger partial charge in [-0.3, -0.25) is 4.90 Å². The van der Waals surface area contributed by atoms with Gasteiger partial charge in [-0.25, -0.2) is 9.59 Å². The number of rotatable bonds is 7. The molecule has 1 spiro atoms. The first-order chi connectivity index (χ1) is 22.5. The lowest BCUT2D eigenvalue weighted by Gasteiger charge is -2.60. The van der Waals surface area contributed by atoms with Crippen LogP contribution in [-0.2, 0) is 4.74 Å². The van der Waals surface area contributed by atoms with E-state index in [1.807, 2.05) is 49.9 Å². The van der Waals surface area contributed by atoms with Crippen molar-refractivity contribution in [2.24, 2.45) is 11.3 Å². The third-order valence-corrected chi connectivity index (χ3v) is 10.6. The average molecular weight is 664 g/mol. The third kappa shape index (κ3) is 7.73. The van der Waals surface area contributed by atoms with Crippen LogP contribution in [0.4, 0.5) is 15.3 Å². The number of amides is 2. The van der Waals surface area contributed by atoms with Crippen molar-refractivity contribution in [1.29, 1.82) is 5.26 Å². The number of nitrogens with one attached hydrogen (secondary N) is 1. The van der Waals surface area contributed by atoms with E-state index in [-0.39, 0.29) is 23.7 Å². The van der Waals surface area contributed by atoms with Gasteiger partial charge in [0, 0.05) is 75.4 Å². The van der Waals surface area contributed by atoms with Crippen molar-refractivity contribution < 1.29 is 23.8 Å². The Hall–Kier alpha value is -3.68. The number of carbonyl (C=O) groups is 2. The minimum Gasteiger partial charge on any atom is -0.490 e. The molecule has 11 heteroatoms. The summed E-state index contributed by atoms with van der Waals surface area (Å²) in [5, 5.41) is 12.6. The highest BCUT2D eigenvalue weighted by Crippen LogP contribution is 2.57. The molecule has 4 fully saturated rings. The first-order valence-corrected chi connectivity index (χ1v) is 17.3. The SMILES string of the molecule is CC(C)(C)OC(=O)N1CCC(CN2CCN(c3ccc(OC(=O)NC4CC(Oc5ccc(C#N)c(Cl)c5)C45CCC5)cc3)CC2)CC1. The molecular formula is C36H46ClN5O5. The lowest BCUT2D eigenvalue weighted by molar-refractivity contribution is -0.128. The minimum atomic E-state index is -0.461. The molecule has 2 unspecified atom stereocenters. The van der Waals surface area contributed by atoms with Crippen molar-refractivity contribution in [1.82, 2.24) is 15.1 Å². The molecule has 6 rings (SSSR count). The Morgan fingerprint density at radius 1 is 1.00 bits per heavy atom. The van der Waals surface area contributed by atoms with Gasteiger partial charge in [-0.2, -0.15) is 5.26 Å². The average Bonchev–Trinajstić information content (AvgIpc) is 3.00. The molecule has 252 valence electrons. The molecule has 2 aliphatic heterocycles. The number of likely N-dealkylation sites (tertiary alicyclic amines) is 1. The predicted molar refractivity (Wildman–Crippen MR) is 180 cm³/mol. The zero-order valence-electron chi connectivity index (χ0n) is 27.7. The summed E-state index contributed by atoms with van der Waals surface area (Å²) in [6.07, 6.45) is 5.14. The van der Waals surface area contributed by atoms with Crippen LogP contribution >= 0.6 is 11.6 Å². The van der Waals surface area contributed by atoms with Crippen LogP contribution in [0.1, 0.15) is 64.9 Å². The smallest absolute Gasteiger partial charge is 0.412 e. The van der Waals surface area contributed by atoms with Crippen LogP contribution in [-0.4, -0.2) is 85.5 Å². The molecule has 1 N–H and O–H groups in total. The van der Waals surface area contributed by atoms with Crippen molar-refractivity contribution in [2.75, 3.05) is 50.7 Å². The van der Waals surface area contributed by atoms with E-state index in [1.54, 1.807) is 18.2 Å². The molecule has 2 saturated heterocycles. The summed E-state index contributed by atoms with van der Waals surface area (Å²) in [6, 6.07) is 15.0. The summed E-state index contributed by atoms with van der Waals surface area (Å²) < 4.78 is 17.5. The van der Waals surface area contributed by atoms with Gasteiger partial charge in [0.1, 0.15) is 29.3 Å². The quantitative estimate of drug-likeness (QED) is 0.360. The summed E-state index contributed by atoms with van der Waals surface area (Å²) in [6.45, 7) is 12.2. The minimum absolute atomic E-state index is 0.00399. The molecule has 0 aromatic heterocycles. The van der Waals surface area contributed by atoms with Gasteiger partial charge in [0.15, 0.2) is 0 Å². The highest BCUT2D eigenvalue weighted by atomic mass is 35.5. The molecule has 2 saturated carbocycles. The van der Waals surface area contributed by atoms with Crippen LogP contribution in [0.2, 0.25) is 5.02 Å². The Morgan fingerprint density at radius 3 is 2.28 bits per heavy atom. The predicted octanol–water partition coefficient (Wildman–Crippen LogP) is 6.46. The van der Waals surface area contributed by atoms with Crippen LogP contribution in [0.5, 0.6) is 11.5 Å². The Morgan fingerprint density at radius 2 is 1.68 bits per heavy atom. The van der Waals surface area contributed by atoms with Crippen molar-refractivity contribution in [2.45, 2.75) is 77.0 Å². The van der Waals surface area contributed by atoms with Gasteiger partial charge < -0.3 is 29.3 Å². The van der Waals surface area contributed by atoms with E-state index in [4.69, 9.17) is 31.1 Å². The summed E-state index contributed by atoms with van der Waals surface area (Å²) in [5.74, 6) is 1.76. The number of hydrogen-bond donors (Lipinski definition) is 1. The van der Waals surface area contributed by atoms with E-state index in [9.17, 15) is 9.59 Å².